The molecule has 0 radical (unpaired) electrons. The van der Waals surface area contributed by atoms with Crippen molar-refractivity contribution in [1.82, 2.24) is 15.0 Å². The molecule has 0 fully saturated rings. The molecule has 0 saturated carbocycles. The molecule has 23 heavy (non-hydrogen) atoms. The van der Waals surface area contributed by atoms with Crippen molar-refractivity contribution in [2.45, 2.75) is 6.54 Å². The second-order valence-corrected chi connectivity index (χ2v) is 4.94. The van der Waals surface area contributed by atoms with Gasteiger partial charge in [0.15, 0.2) is 5.69 Å². The molecule has 3 aromatic rings. The molecule has 3 rings (SSSR count). The van der Waals surface area contributed by atoms with Crippen molar-refractivity contribution in [3.8, 4) is 17.0 Å². The molecule has 0 saturated heterocycles. The van der Waals surface area contributed by atoms with E-state index in [1.165, 1.54) is 17.9 Å². The van der Waals surface area contributed by atoms with Crippen LogP contribution in [0.25, 0.3) is 11.3 Å². The van der Waals surface area contributed by atoms with Crippen molar-refractivity contribution in [3.05, 3.63) is 65.9 Å². The van der Waals surface area contributed by atoms with Crippen LogP contribution < -0.4 is 0 Å². The summed E-state index contributed by atoms with van der Waals surface area (Å²) in [5.74, 6) is -0.520. The van der Waals surface area contributed by atoms with Crippen LogP contribution in [0.3, 0.4) is 0 Å². The molecule has 0 bridgehead atoms. The summed E-state index contributed by atoms with van der Waals surface area (Å²) in [5, 5.41) is 18.1. The molecule has 0 atom stereocenters. The van der Waals surface area contributed by atoms with E-state index < -0.39 is 5.97 Å². The topological polar surface area (TPSA) is 77.2 Å². The van der Waals surface area contributed by atoms with E-state index in [4.69, 9.17) is 4.74 Å². The molecule has 0 spiro atoms. The number of aromatic nitrogens is 3. The fraction of sp³-hybridized carbons (Fsp3) is 0.118. The Morgan fingerprint density at radius 1 is 1.13 bits per heavy atom. The summed E-state index contributed by atoms with van der Waals surface area (Å²) in [4.78, 5) is 12.2. The Bertz CT molecular complexity index is 828. The summed E-state index contributed by atoms with van der Waals surface area (Å²) in [5.41, 5.74) is 1.92. The fourth-order valence-electron chi connectivity index (χ4n) is 2.33. The Hall–Kier alpha value is -3.15. The number of carbonyl (C=O) groups excluding carboxylic acids is 1. The predicted molar refractivity (Wildman–Crippen MR) is 84.0 cm³/mol. The number of hydrogen-bond acceptors (Lipinski definition) is 5. The molecule has 6 nitrogen and oxygen atoms in total. The van der Waals surface area contributed by atoms with Crippen LogP contribution in [0.5, 0.6) is 5.75 Å². The number of ether oxygens (including phenoxy) is 1. The second-order valence-electron chi connectivity index (χ2n) is 4.94. The van der Waals surface area contributed by atoms with Crippen LogP contribution in [0.2, 0.25) is 0 Å². The lowest BCUT2D eigenvalue weighted by atomic mass is 10.1. The van der Waals surface area contributed by atoms with Crippen LogP contribution in [0, 0.1) is 0 Å². The van der Waals surface area contributed by atoms with Crippen LogP contribution in [-0.4, -0.2) is 33.2 Å². The Kier molecular flexibility index (Phi) is 4.05. The number of rotatable bonds is 4. The van der Waals surface area contributed by atoms with E-state index in [2.05, 4.69) is 10.3 Å². The lowest BCUT2D eigenvalue weighted by Crippen LogP contribution is -2.13. The molecule has 0 unspecified atom stereocenters. The summed E-state index contributed by atoms with van der Waals surface area (Å²) < 4.78 is 6.33. The van der Waals surface area contributed by atoms with E-state index in [9.17, 15) is 9.90 Å². The monoisotopic (exact) mass is 309 g/mol. The van der Waals surface area contributed by atoms with E-state index in [-0.39, 0.29) is 11.4 Å². The SMILES string of the molecule is COC(=O)c1c(-c2ccccc2O)nnn1Cc1ccccc1. The van der Waals surface area contributed by atoms with Gasteiger partial charge in [-0.1, -0.05) is 47.7 Å². The molecular weight excluding hydrogens is 294 g/mol. The summed E-state index contributed by atoms with van der Waals surface area (Å²) in [6.07, 6.45) is 0. The van der Waals surface area contributed by atoms with E-state index in [0.29, 0.717) is 17.8 Å². The van der Waals surface area contributed by atoms with Crippen molar-refractivity contribution in [2.24, 2.45) is 0 Å². The highest BCUT2D eigenvalue weighted by atomic mass is 16.5. The van der Waals surface area contributed by atoms with Crippen LogP contribution in [0.4, 0.5) is 0 Å². The minimum atomic E-state index is -0.552. The van der Waals surface area contributed by atoms with Gasteiger partial charge in [-0.2, -0.15) is 0 Å². The number of phenolic OH excluding ortho intramolecular Hbond substituents is 1. The van der Waals surface area contributed by atoms with Crippen molar-refractivity contribution in [3.63, 3.8) is 0 Å². The van der Waals surface area contributed by atoms with Gasteiger partial charge in [0.2, 0.25) is 0 Å². The molecular formula is C17H15N3O3. The van der Waals surface area contributed by atoms with Crippen molar-refractivity contribution >= 4 is 5.97 Å². The van der Waals surface area contributed by atoms with Crippen molar-refractivity contribution < 1.29 is 14.6 Å². The number of carbonyl (C=O) groups is 1. The predicted octanol–water partition coefficient (Wildman–Crippen LogP) is 2.49. The second kappa shape index (κ2) is 6.31. The Labute approximate surface area is 133 Å². The highest BCUT2D eigenvalue weighted by molar-refractivity contribution is 5.95. The average Bonchev–Trinajstić information content (AvgIpc) is 2.99. The van der Waals surface area contributed by atoms with Gasteiger partial charge in [-0.3, -0.25) is 0 Å². The molecule has 1 aromatic heterocycles. The number of methoxy groups -OCH3 is 1. The average molecular weight is 309 g/mol. The number of aromatic hydroxyl groups is 1. The van der Waals surface area contributed by atoms with Crippen LogP contribution >= 0.6 is 0 Å². The third-order valence-corrected chi connectivity index (χ3v) is 3.45. The molecule has 0 aliphatic heterocycles. The maximum atomic E-state index is 12.2. The third kappa shape index (κ3) is 2.91. The molecule has 6 heteroatoms. The third-order valence-electron chi connectivity index (χ3n) is 3.45. The number of hydrogen-bond donors (Lipinski definition) is 1. The first-order valence-electron chi connectivity index (χ1n) is 7.05. The number of benzene rings is 2. The first-order chi connectivity index (χ1) is 11.2. The quantitative estimate of drug-likeness (QED) is 0.749. The maximum Gasteiger partial charge on any atom is 0.358 e. The summed E-state index contributed by atoms with van der Waals surface area (Å²) in [6.45, 7) is 0.381. The highest BCUT2D eigenvalue weighted by Gasteiger charge is 2.24. The summed E-state index contributed by atoms with van der Waals surface area (Å²) in [6, 6.07) is 16.3. The lowest BCUT2D eigenvalue weighted by Gasteiger charge is -2.07. The molecule has 2 aromatic carbocycles. The molecule has 116 valence electrons. The molecule has 0 amide bonds. The Morgan fingerprint density at radius 2 is 1.83 bits per heavy atom. The van der Waals surface area contributed by atoms with Gasteiger partial charge in [0, 0.05) is 5.56 Å². The smallest absolute Gasteiger partial charge is 0.358 e. The largest absolute Gasteiger partial charge is 0.507 e. The standard InChI is InChI=1S/C17H15N3O3/c1-23-17(22)16-15(13-9-5-6-10-14(13)21)18-19-20(16)11-12-7-3-2-4-8-12/h2-10,21H,11H2,1H3. The summed E-state index contributed by atoms with van der Waals surface area (Å²) in [7, 11) is 1.30. The van der Waals surface area contributed by atoms with Gasteiger partial charge >= 0.3 is 5.97 Å². The maximum absolute atomic E-state index is 12.2. The van der Waals surface area contributed by atoms with Gasteiger partial charge < -0.3 is 9.84 Å². The molecule has 0 aliphatic carbocycles. The van der Waals surface area contributed by atoms with Gasteiger partial charge in [0.25, 0.3) is 0 Å². The van der Waals surface area contributed by atoms with E-state index in [1.807, 2.05) is 30.3 Å². The van der Waals surface area contributed by atoms with Gasteiger partial charge in [-0.15, -0.1) is 5.10 Å². The number of phenols is 1. The normalized spacial score (nSPS) is 10.5. The number of nitrogens with zero attached hydrogens (tertiary/aromatic N) is 3. The first kappa shape index (κ1) is 14.8. The van der Waals surface area contributed by atoms with E-state index >= 15 is 0 Å². The van der Waals surface area contributed by atoms with Crippen LogP contribution in [0.1, 0.15) is 16.1 Å². The number of para-hydroxylation sites is 1. The minimum absolute atomic E-state index is 0.0319. The zero-order valence-electron chi connectivity index (χ0n) is 12.5. The van der Waals surface area contributed by atoms with Crippen molar-refractivity contribution in [2.75, 3.05) is 7.11 Å². The highest BCUT2D eigenvalue weighted by Crippen LogP contribution is 2.30. The van der Waals surface area contributed by atoms with Crippen LogP contribution in [0.15, 0.2) is 54.6 Å². The van der Waals surface area contributed by atoms with Gasteiger partial charge in [0.05, 0.1) is 13.7 Å². The van der Waals surface area contributed by atoms with Crippen molar-refractivity contribution in [1.29, 1.82) is 0 Å². The van der Waals surface area contributed by atoms with Gasteiger partial charge in [-0.05, 0) is 17.7 Å². The summed E-state index contributed by atoms with van der Waals surface area (Å²) >= 11 is 0. The zero-order valence-corrected chi connectivity index (χ0v) is 12.5. The van der Waals surface area contributed by atoms with Gasteiger partial charge in [-0.25, -0.2) is 9.48 Å². The molecule has 1 N–H and O–H groups in total. The number of esters is 1. The fourth-order valence-corrected chi connectivity index (χ4v) is 2.33. The molecule has 1 heterocycles. The van der Waals surface area contributed by atoms with Gasteiger partial charge in [0.1, 0.15) is 11.4 Å². The van der Waals surface area contributed by atoms with E-state index in [0.717, 1.165) is 5.56 Å². The minimum Gasteiger partial charge on any atom is -0.507 e. The first-order valence-corrected chi connectivity index (χ1v) is 7.05. The molecule has 0 aliphatic rings. The zero-order chi connectivity index (χ0) is 16.2. The Balaban J connectivity index is 2.08. The Morgan fingerprint density at radius 3 is 2.52 bits per heavy atom. The van der Waals surface area contributed by atoms with Crippen LogP contribution in [-0.2, 0) is 11.3 Å². The lowest BCUT2D eigenvalue weighted by molar-refractivity contribution is 0.0588. The van der Waals surface area contributed by atoms with E-state index in [1.54, 1.807) is 18.2 Å².